The van der Waals surface area contributed by atoms with Crippen LogP contribution in [0.1, 0.15) is 44.5 Å². The Morgan fingerprint density at radius 3 is 2.58 bits per heavy atom. The first-order chi connectivity index (χ1) is 9.07. The van der Waals surface area contributed by atoms with E-state index in [9.17, 15) is 0 Å². The van der Waals surface area contributed by atoms with Crippen molar-refractivity contribution in [2.45, 2.75) is 45.2 Å². The molecule has 4 heteroatoms. The van der Waals surface area contributed by atoms with Crippen LogP contribution < -0.4 is 5.73 Å². The Morgan fingerprint density at radius 2 is 1.95 bits per heavy atom. The van der Waals surface area contributed by atoms with Crippen LogP contribution in [0.2, 0.25) is 0 Å². The fourth-order valence-corrected chi connectivity index (χ4v) is 2.31. The summed E-state index contributed by atoms with van der Waals surface area (Å²) in [6, 6.07) is 10.2. The molecule has 2 N–H and O–H groups in total. The number of aryl methyl sites for hydroxylation is 1. The fourth-order valence-electron chi connectivity index (χ4n) is 2.31. The quantitative estimate of drug-likeness (QED) is 0.897. The molecule has 1 aromatic heterocycles. The highest BCUT2D eigenvalue weighted by molar-refractivity contribution is 5.28. The molecule has 0 aliphatic rings. The van der Waals surface area contributed by atoms with Crippen molar-refractivity contribution in [2.75, 3.05) is 0 Å². The second-order valence-electron chi connectivity index (χ2n) is 5.45. The molecule has 0 aliphatic heterocycles. The molecule has 0 saturated carbocycles. The van der Waals surface area contributed by atoms with Crippen LogP contribution in [0.25, 0.3) is 0 Å². The SMILES string of the molecule is CCCn1nncc1C(N)C(C)(C)c1ccccc1. The average Bonchev–Trinajstić information content (AvgIpc) is 2.87. The summed E-state index contributed by atoms with van der Waals surface area (Å²) in [6.45, 7) is 7.31. The van der Waals surface area contributed by atoms with Crippen molar-refractivity contribution in [1.29, 1.82) is 0 Å². The van der Waals surface area contributed by atoms with E-state index in [0.29, 0.717) is 0 Å². The summed E-state index contributed by atoms with van der Waals surface area (Å²) < 4.78 is 1.91. The zero-order chi connectivity index (χ0) is 13.9. The van der Waals surface area contributed by atoms with Gasteiger partial charge in [0.05, 0.1) is 17.9 Å². The molecule has 19 heavy (non-hydrogen) atoms. The summed E-state index contributed by atoms with van der Waals surface area (Å²) >= 11 is 0. The van der Waals surface area contributed by atoms with Gasteiger partial charge in [-0.2, -0.15) is 0 Å². The molecule has 0 fully saturated rings. The minimum absolute atomic E-state index is 0.128. The number of nitrogens with zero attached hydrogens (tertiary/aromatic N) is 3. The van der Waals surface area contributed by atoms with Crippen molar-refractivity contribution in [1.82, 2.24) is 15.0 Å². The van der Waals surface area contributed by atoms with E-state index >= 15 is 0 Å². The highest BCUT2D eigenvalue weighted by Gasteiger charge is 2.31. The van der Waals surface area contributed by atoms with Crippen molar-refractivity contribution in [3.8, 4) is 0 Å². The van der Waals surface area contributed by atoms with Gasteiger partial charge in [-0.1, -0.05) is 56.3 Å². The van der Waals surface area contributed by atoms with Gasteiger partial charge in [0.1, 0.15) is 0 Å². The molecule has 0 aliphatic carbocycles. The number of nitrogens with two attached hydrogens (primary N) is 1. The minimum Gasteiger partial charge on any atom is -0.322 e. The third-order valence-electron chi connectivity index (χ3n) is 3.70. The van der Waals surface area contributed by atoms with Crippen molar-refractivity contribution < 1.29 is 0 Å². The highest BCUT2D eigenvalue weighted by atomic mass is 15.4. The van der Waals surface area contributed by atoms with E-state index in [2.05, 4.69) is 43.2 Å². The van der Waals surface area contributed by atoms with Crippen LogP contribution in [0.5, 0.6) is 0 Å². The Hall–Kier alpha value is -1.68. The zero-order valence-corrected chi connectivity index (χ0v) is 11.9. The summed E-state index contributed by atoms with van der Waals surface area (Å²) in [7, 11) is 0. The molecule has 1 unspecified atom stereocenters. The smallest absolute Gasteiger partial charge is 0.0763 e. The maximum Gasteiger partial charge on any atom is 0.0763 e. The second kappa shape index (κ2) is 5.53. The lowest BCUT2D eigenvalue weighted by Crippen LogP contribution is -2.34. The molecule has 0 amide bonds. The number of hydrogen-bond acceptors (Lipinski definition) is 3. The molecule has 0 spiro atoms. The van der Waals surface area contributed by atoms with Crippen molar-refractivity contribution >= 4 is 0 Å². The van der Waals surface area contributed by atoms with Crippen LogP contribution in [-0.4, -0.2) is 15.0 Å². The summed E-state index contributed by atoms with van der Waals surface area (Å²) in [5, 5.41) is 8.12. The van der Waals surface area contributed by atoms with Crippen LogP contribution in [0.3, 0.4) is 0 Å². The standard InChI is InChI=1S/C15H22N4/c1-4-10-19-13(11-17-18-19)14(16)15(2,3)12-8-6-5-7-9-12/h5-9,11,14H,4,10,16H2,1-3H3. The first kappa shape index (κ1) is 13.7. The number of benzene rings is 1. The molecule has 1 atom stereocenters. The molecular weight excluding hydrogens is 236 g/mol. The summed E-state index contributed by atoms with van der Waals surface area (Å²) in [6.07, 6.45) is 2.81. The van der Waals surface area contributed by atoms with Crippen LogP contribution in [0.15, 0.2) is 36.5 Å². The zero-order valence-electron chi connectivity index (χ0n) is 11.9. The third-order valence-corrected chi connectivity index (χ3v) is 3.70. The van der Waals surface area contributed by atoms with Gasteiger partial charge in [-0.15, -0.1) is 5.10 Å². The number of aromatic nitrogens is 3. The summed E-state index contributed by atoms with van der Waals surface area (Å²) in [4.78, 5) is 0. The molecule has 4 nitrogen and oxygen atoms in total. The van der Waals surface area contributed by atoms with Crippen molar-refractivity contribution in [3.63, 3.8) is 0 Å². The van der Waals surface area contributed by atoms with Gasteiger partial charge in [-0.05, 0) is 12.0 Å². The van der Waals surface area contributed by atoms with E-state index in [-0.39, 0.29) is 11.5 Å². The van der Waals surface area contributed by atoms with Crippen LogP contribution in [0.4, 0.5) is 0 Å². The van der Waals surface area contributed by atoms with E-state index in [1.54, 1.807) is 6.20 Å². The predicted molar refractivity (Wildman–Crippen MR) is 76.7 cm³/mol. The lowest BCUT2D eigenvalue weighted by atomic mass is 9.77. The van der Waals surface area contributed by atoms with Gasteiger partial charge in [0.25, 0.3) is 0 Å². The Balaban J connectivity index is 2.32. The molecular formula is C15H22N4. The summed E-state index contributed by atoms with van der Waals surface area (Å²) in [5.74, 6) is 0. The van der Waals surface area contributed by atoms with Gasteiger partial charge in [0.15, 0.2) is 0 Å². The molecule has 2 rings (SSSR count). The molecule has 0 bridgehead atoms. The molecule has 2 aromatic rings. The fraction of sp³-hybridized carbons (Fsp3) is 0.467. The van der Waals surface area contributed by atoms with Crippen LogP contribution in [0, 0.1) is 0 Å². The molecule has 0 radical (unpaired) electrons. The third kappa shape index (κ3) is 2.68. The van der Waals surface area contributed by atoms with E-state index in [4.69, 9.17) is 5.73 Å². The first-order valence-electron chi connectivity index (χ1n) is 6.77. The normalized spacial score (nSPS) is 13.5. The van der Waals surface area contributed by atoms with E-state index < -0.39 is 0 Å². The van der Waals surface area contributed by atoms with Gasteiger partial charge in [0.2, 0.25) is 0 Å². The van der Waals surface area contributed by atoms with Gasteiger partial charge in [-0.25, -0.2) is 4.68 Å². The van der Waals surface area contributed by atoms with E-state index in [0.717, 1.165) is 18.7 Å². The monoisotopic (exact) mass is 258 g/mol. The molecule has 0 saturated heterocycles. The maximum absolute atomic E-state index is 6.48. The van der Waals surface area contributed by atoms with Gasteiger partial charge < -0.3 is 5.73 Å². The Kier molecular flexibility index (Phi) is 4.00. The highest BCUT2D eigenvalue weighted by Crippen LogP contribution is 2.34. The summed E-state index contributed by atoms with van der Waals surface area (Å²) in [5.41, 5.74) is 8.55. The maximum atomic E-state index is 6.48. The lowest BCUT2D eigenvalue weighted by molar-refractivity contribution is 0.390. The van der Waals surface area contributed by atoms with Crippen molar-refractivity contribution in [3.05, 3.63) is 47.8 Å². The Labute approximate surface area is 114 Å². The number of hydrogen-bond donors (Lipinski definition) is 1. The average molecular weight is 258 g/mol. The predicted octanol–water partition coefficient (Wildman–Crippen LogP) is 2.67. The topological polar surface area (TPSA) is 56.7 Å². The van der Waals surface area contributed by atoms with Crippen LogP contribution >= 0.6 is 0 Å². The van der Waals surface area contributed by atoms with E-state index in [1.807, 2.05) is 22.9 Å². The van der Waals surface area contributed by atoms with Gasteiger partial charge in [0, 0.05) is 12.0 Å². The molecule has 102 valence electrons. The van der Waals surface area contributed by atoms with Crippen molar-refractivity contribution in [2.24, 2.45) is 5.73 Å². The van der Waals surface area contributed by atoms with Gasteiger partial charge >= 0.3 is 0 Å². The second-order valence-corrected chi connectivity index (χ2v) is 5.45. The largest absolute Gasteiger partial charge is 0.322 e. The van der Waals surface area contributed by atoms with E-state index in [1.165, 1.54) is 5.56 Å². The van der Waals surface area contributed by atoms with Gasteiger partial charge in [-0.3, -0.25) is 0 Å². The lowest BCUT2D eigenvalue weighted by Gasteiger charge is -2.32. The number of rotatable bonds is 5. The first-order valence-corrected chi connectivity index (χ1v) is 6.77. The Bertz CT molecular complexity index is 516. The Morgan fingerprint density at radius 1 is 1.26 bits per heavy atom. The minimum atomic E-state index is -0.158. The van der Waals surface area contributed by atoms with Crippen LogP contribution in [-0.2, 0) is 12.0 Å². The molecule has 1 aromatic carbocycles. The molecule has 1 heterocycles.